The molecule has 0 saturated carbocycles. The molecule has 1 aromatic rings. The molecule has 2 aliphatic rings. The van der Waals surface area contributed by atoms with Crippen molar-refractivity contribution >= 4 is 78.6 Å². The molecule has 14 atom stereocenters. The lowest BCUT2D eigenvalue weighted by Gasteiger charge is -2.35. The molecule has 0 aromatic heterocycles. The van der Waals surface area contributed by atoms with Gasteiger partial charge in [0.15, 0.2) is 36.6 Å². The van der Waals surface area contributed by atoms with Crippen molar-refractivity contribution in [3.63, 3.8) is 0 Å². The van der Waals surface area contributed by atoms with Gasteiger partial charge in [-0.15, -0.1) is 0 Å². The minimum Gasteiger partial charge on any atom is -0.479 e. The lowest BCUT2D eigenvalue weighted by atomic mass is 10.1. The van der Waals surface area contributed by atoms with Gasteiger partial charge >= 0.3 is 5.97 Å². The Kier molecular flexibility index (Phi) is 28.6. The van der Waals surface area contributed by atoms with E-state index in [1.165, 1.54) is 20.8 Å². The number of ketones is 1. The molecule has 30 heteroatoms. The number of nitrogens with one attached hydrogen (secondary N) is 11. The van der Waals surface area contributed by atoms with Crippen LogP contribution >= 0.6 is 0 Å². The molecule has 1 aromatic carbocycles. The molecule has 2 heterocycles. The number of amides is 6. The van der Waals surface area contributed by atoms with Crippen molar-refractivity contribution in [2.45, 2.75) is 158 Å². The summed E-state index contributed by atoms with van der Waals surface area (Å²) in [6.07, 6.45) is -7.79. The average molecular weight is 1140 g/mol. The van der Waals surface area contributed by atoms with Crippen LogP contribution in [0.1, 0.15) is 72.3 Å². The van der Waals surface area contributed by atoms with Gasteiger partial charge in [0.05, 0.1) is 55.5 Å². The second-order valence-electron chi connectivity index (χ2n) is 19.9. The predicted molar refractivity (Wildman–Crippen MR) is 285 cm³/mol. The van der Waals surface area contributed by atoms with Gasteiger partial charge in [0, 0.05) is 18.3 Å². The number of aldehydes is 5. The Balaban J connectivity index is 1.86. The van der Waals surface area contributed by atoms with E-state index in [4.69, 9.17) is 11.5 Å². The van der Waals surface area contributed by atoms with E-state index in [1.807, 2.05) is 0 Å². The molecule has 0 spiro atoms. The highest BCUT2D eigenvalue weighted by molar-refractivity contribution is 5.98. The lowest BCUT2D eigenvalue weighted by Crippen LogP contribution is -2.68. The van der Waals surface area contributed by atoms with Gasteiger partial charge < -0.3 is 81.4 Å². The highest BCUT2D eigenvalue weighted by atomic mass is 16.4. The Labute approximate surface area is 467 Å². The minimum absolute atomic E-state index is 0.0253. The quantitative estimate of drug-likeness (QED) is 0.0167. The summed E-state index contributed by atoms with van der Waals surface area (Å²) in [4.78, 5) is 171. The van der Waals surface area contributed by atoms with Crippen molar-refractivity contribution in [3.05, 3.63) is 47.7 Å². The fourth-order valence-electron chi connectivity index (χ4n) is 8.39. The van der Waals surface area contributed by atoms with Gasteiger partial charge in [0.2, 0.25) is 11.8 Å². The van der Waals surface area contributed by atoms with Gasteiger partial charge in [-0.05, 0) is 70.9 Å². The average Bonchev–Trinajstić information content (AvgIpc) is 3.96. The number of nitrogens with zero attached hydrogens (tertiary/aromatic N) is 2. The molecule has 447 valence electrons. The van der Waals surface area contributed by atoms with Crippen LogP contribution in [0.4, 0.5) is 0 Å². The highest BCUT2D eigenvalue weighted by Gasteiger charge is 2.41. The van der Waals surface area contributed by atoms with Crippen LogP contribution in [0.2, 0.25) is 0 Å². The van der Waals surface area contributed by atoms with E-state index in [-0.39, 0.29) is 57.3 Å². The van der Waals surface area contributed by atoms with Crippen molar-refractivity contribution in [2.75, 3.05) is 26.2 Å². The highest BCUT2D eigenvalue weighted by Crippen LogP contribution is 2.20. The number of unbranched alkanes of at least 4 members (excludes halogenated alkanes) is 1. The molecule has 3 rings (SSSR count). The molecule has 6 amide bonds. The second kappa shape index (κ2) is 34.1. The van der Waals surface area contributed by atoms with Crippen LogP contribution < -0.4 is 64.6 Å². The Morgan fingerprint density at radius 3 is 1.78 bits per heavy atom. The van der Waals surface area contributed by atoms with Crippen LogP contribution in [0.5, 0.6) is 0 Å². The molecular weight excluding hydrogens is 1060 g/mol. The molecule has 1 radical (unpaired) electrons. The summed E-state index contributed by atoms with van der Waals surface area (Å²) >= 11 is 0. The number of benzene rings is 1. The number of aliphatic carboxylic acids is 1. The van der Waals surface area contributed by atoms with Crippen LogP contribution in [0, 0.1) is 5.92 Å². The van der Waals surface area contributed by atoms with Crippen molar-refractivity contribution in [1.82, 2.24) is 68.7 Å². The maximum absolute atomic E-state index is 14.5. The van der Waals surface area contributed by atoms with Gasteiger partial charge in [-0.2, -0.15) is 0 Å². The number of carboxylic acids is 1. The molecular formula is C51H77N14O16. The van der Waals surface area contributed by atoms with Crippen molar-refractivity contribution in [2.24, 2.45) is 11.7 Å². The second-order valence-corrected chi connectivity index (χ2v) is 19.9. The molecule has 81 heavy (non-hydrogen) atoms. The summed E-state index contributed by atoms with van der Waals surface area (Å²) in [5.41, 5.74) is 14.8. The predicted octanol–water partition coefficient (Wildman–Crippen LogP) is -6.71. The summed E-state index contributed by atoms with van der Waals surface area (Å²) in [7, 11) is 0. The van der Waals surface area contributed by atoms with Crippen LogP contribution in [0.15, 0.2) is 42.1 Å². The number of carbonyl (C=O) groups is 13. The molecule has 1 fully saturated rings. The number of hydrogen-bond donors (Lipinski definition) is 14. The molecule has 0 aliphatic carbocycles. The van der Waals surface area contributed by atoms with Crippen LogP contribution in [-0.4, -0.2) is 215 Å². The SMILES string of the molecule is CC(C)[C@H](C=O)N[C@@H](NC(=O)[C@@H](NC(=O)[C@H](NC(=O)[C@H](C)NC(=O)[C@@H]1CCCN1C(=O)[C@@H](NC1=CC(=O)CN(C(=O)[C@@H]([NH])N[C@@H](C=O)Cc2ccccc2)C1)N[C@@H](C=O)[C@H](C)O)N[C@@H](C=O)[C@H](C)O)N[C@@H](C=O)CCCCN)C(=O)O. The van der Waals surface area contributed by atoms with E-state index in [2.05, 4.69) is 53.2 Å². The minimum atomic E-state index is -2.02. The summed E-state index contributed by atoms with van der Waals surface area (Å²) in [6, 6.07) is -0.154. The first-order valence-corrected chi connectivity index (χ1v) is 26.3. The molecule has 30 nitrogen and oxygen atoms in total. The maximum Gasteiger partial charge on any atom is 0.341 e. The Morgan fingerprint density at radius 1 is 0.679 bits per heavy atom. The van der Waals surface area contributed by atoms with E-state index in [0.29, 0.717) is 38.0 Å². The first-order valence-electron chi connectivity index (χ1n) is 26.3. The maximum atomic E-state index is 14.5. The zero-order chi connectivity index (χ0) is 60.5. The standard InChI is InChI=1S/C51H77N14O16/c1-27(2)36(24-68)58-44(51(80)81)63-47(76)41(56-32(22-66)14-9-10-16-52)62-48(77)42(59-37(25-69)29(4)71)61-45(74)28(3)54-46(75)39-15-11-17-65(39)50(79)43(60-38(26-70)30(5)72)57-33-19-35(73)21-64(20-33)49(78)40(53)55-34(23-67)18-31-12-7-6-8-13-31/h6-8,12-13,19,22-30,32,34,36-44,53,55-60,71-72H,9-11,14-18,20-21,52H2,1-5H3,(H,54,75)(H,61,74)(H,62,77)(H,63,76)(H,80,81)/t28-,29-,30-,32+,34+,36-,37-,38-,39-,40-,41+,42-,43-,44-/m0/s1. The number of carboxylic acid groups (broad SMARTS) is 1. The first-order chi connectivity index (χ1) is 38.4. The van der Waals surface area contributed by atoms with Gasteiger partial charge in [0.25, 0.3) is 23.6 Å². The monoisotopic (exact) mass is 1140 g/mol. The third-order valence-electron chi connectivity index (χ3n) is 13.0. The van der Waals surface area contributed by atoms with Crippen LogP contribution in [0.25, 0.3) is 0 Å². The van der Waals surface area contributed by atoms with E-state index in [1.54, 1.807) is 44.2 Å². The molecule has 1 saturated heterocycles. The third-order valence-corrected chi connectivity index (χ3v) is 13.0. The summed E-state index contributed by atoms with van der Waals surface area (Å²) in [5, 5.41) is 55.5. The van der Waals surface area contributed by atoms with Gasteiger partial charge in [-0.3, -0.25) is 60.1 Å². The Bertz CT molecular complexity index is 2380. The van der Waals surface area contributed by atoms with E-state index in [0.717, 1.165) is 21.4 Å². The molecule has 0 unspecified atom stereocenters. The van der Waals surface area contributed by atoms with E-state index >= 15 is 0 Å². The number of nitrogens with two attached hydrogens (primary N) is 1. The summed E-state index contributed by atoms with van der Waals surface area (Å²) < 4.78 is 0. The van der Waals surface area contributed by atoms with E-state index < -0.39 is 145 Å². The Morgan fingerprint density at radius 2 is 1.23 bits per heavy atom. The van der Waals surface area contributed by atoms with E-state index in [9.17, 15) is 77.6 Å². The van der Waals surface area contributed by atoms with Gasteiger partial charge in [-0.25, -0.2) is 10.5 Å². The van der Waals surface area contributed by atoms with Crippen LogP contribution in [0.3, 0.4) is 0 Å². The first kappa shape index (κ1) is 68.0. The normalized spacial score (nSPS) is 19.2. The lowest BCUT2D eigenvalue weighted by molar-refractivity contribution is -0.144. The van der Waals surface area contributed by atoms with Gasteiger partial charge in [-0.1, -0.05) is 50.6 Å². The summed E-state index contributed by atoms with van der Waals surface area (Å²) in [5.74, 6) is -9.04. The molecule has 16 N–H and O–H groups in total. The summed E-state index contributed by atoms with van der Waals surface area (Å²) in [6.45, 7) is 6.18. The Hall–Kier alpha value is -7.29. The fourth-order valence-corrected chi connectivity index (χ4v) is 8.39. The third kappa shape index (κ3) is 21.6. The van der Waals surface area contributed by atoms with Crippen LogP contribution in [-0.2, 0) is 68.7 Å². The zero-order valence-corrected chi connectivity index (χ0v) is 45.7. The number of hydrogen-bond acceptors (Lipinski definition) is 22. The number of rotatable bonds is 37. The number of carbonyl (C=O) groups excluding carboxylic acids is 12. The molecule has 0 bridgehead atoms. The number of aliphatic hydroxyl groups is 2. The number of likely N-dealkylation sites (tertiary alicyclic amines) is 1. The van der Waals surface area contributed by atoms with Crippen molar-refractivity contribution in [1.29, 1.82) is 0 Å². The van der Waals surface area contributed by atoms with Gasteiger partial charge in [0.1, 0.15) is 43.5 Å². The fraction of sp³-hybridized carbons (Fsp3) is 0.588. The smallest absolute Gasteiger partial charge is 0.341 e. The topological polar surface area (TPSA) is 459 Å². The van der Waals surface area contributed by atoms with Crippen molar-refractivity contribution in [3.8, 4) is 0 Å². The zero-order valence-electron chi connectivity index (χ0n) is 45.7. The molecule has 2 aliphatic heterocycles. The number of aliphatic hydroxyl groups excluding tert-OH is 2. The van der Waals surface area contributed by atoms with Crippen molar-refractivity contribution < 1.29 is 77.6 Å². The largest absolute Gasteiger partial charge is 0.479 e.